The number of aromatic hydroxyl groups is 1. The molecule has 0 aliphatic heterocycles. The van der Waals surface area contributed by atoms with E-state index in [1.165, 1.54) is 0 Å². The molecule has 0 saturated carbocycles. The molecule has 0 amide bonds. The molecule has 0 aliphatic carbocycles. The SMILES string of the molecule is O=C(C[C@H](c1ccccc1)c1ccccc1O)c1ccccc1. The number of Topliss-reactive ketones (excluding diaryl/α,β-unsaturated/α-hetero) is 1. The first-order valence-electron chi connectivity index (χ1n) is 7.67. The predicted molar refractivity (Wildman–Crippen MR) is 91.8 cm³/mol. The Kier molecular flexibility index (Phi) is 4.53. The van der Waals surface area contributed by atoms with E-state index in [1.54, 1.807) is 12.1 Å². The third kappa shape index (κ3) is 3.49. The lowest BCUT2D eigenvalue weighted by molar-refractivity contribution is 0.0977. The van der Waals surface area contributed by atoms with Crippen LogP contribution in [-0.4, -0.2) is 10.9 Å². The van der Waals surface area contributed by atoms with E-state index in [0.29, 0.717) is 12.0 Å². The van der Waals surface area contributed by atoms with Gasteiger partial charge in [-0.3, -0.25) is 4.79 Å². The van der Waals surface area contributed by atoms with Crippen molar-refractivity contribution in [2.75, 3.05) is 0 Å². The van der Waals surface area contributed by atoms with Crippen LogP contribution in [0.15, 0.2) is 84.9 Å². The van der Waals surface area contributed by atoms with E-state index in [0.717, 1.165) is 11.1 Å². The molecule has 1 N–H and O–H groups in total. The van der Waals surface area contributed by atoms with Gasteiger partial charge in [-0.15, -0.1) is 0 Å². The first-order valence-corrected chi connectivity index (χ1v) is 7.67. The molecule has 0 heterocycles. The van der Waals surface area contributed by atoms with Crippen LogP contribution in [0.4, 0.5) is 0 Å². The normalized spacial score (nSPS) is 11.8. The molecule has 0 bridgehead atoms. The van der Waals surface area contributed by atoms with Gasteiger partial charge in [0.1, 0.15) is 5.75 Å². The number of phenols is 1. The molecular formula is C21H18O2. The van der Waals surface area contributed by atoms with Crippen LogP contribution in [0.2, 0.25) is 0 Å². The topological polar surface area (TPSA) is 37.3 Å². The Bertz CT molecular complexity index is 779. The van der Waals surface area contributed by atoms with Crippen LogP contribution < -0.4 is 0 Å². The molecule has 0 aliphatic rings. The fourth-order valence-electron chi connectivity index (χ4n) is 2.80. The van der Waals surface area contributed by atoms with E-state index in [4.69, 9.17) is 0 Å². The van der Waals surface area contributed by atoms with Crippen molar-refractivity contribution in [3.05, 3.63) is 102 Å². The Morgan fingerprint density at radius 3 is 2.00 bits per heavy atom. The van der Waals surface area contributed by atoms with E-state index < -0.39 is 0 Å². The number of para-hydroxylation sites is 1. The number of hydrogen-bond acceptors (Lipinski definition) is 2. The number of carbonyl (C=O) groups is 1. The van der Waals surface area contributed by atoms with Gasteiger partial charge in [-0.05, 0) is 11.6 Å². The Balaban J connectivity index is 1.97. The molecule has 0 saturated heterocycles. The Morgan fingerprint density at radius 1 is 0.783 bits per heavy atom. The lowest BCUT2D eigenvalue weighted by atomic mass is 9.85. The minimum atomic E-state index is -0.162. The van der Waals surface area contributed by atoms with Gasteiger partial charge in [-0.25, -0.2) is 0 Å². The zero-order valence-electron chi connectivity index (χ0n) is 12.7. The molecule has 0 unspecified atom stereocenters. The monoisotopic (exact) mass is 302 g/mol. The molecule has 0 radical (unpaired) electrons. The molecule has 0 fully saturated rings. The van der Waals surface area contributed by atoms with Gasteiger partial charge in [0.2, 0.25) is 0 Å². The van der Waals surface area contributed by atoms with Crippen LogP contribution in [0.5, 0.6) is 5.75 Å². The maximum absolute atomic E-state index is 12.6. The second kappa shape index (κ2) is 6.93. The van der Waals surface area contributed by atoms with Gasteiger partial charge in [-0.2, -0.15) is 0 Å². The minimum Gasteiger partial charge on any atom is -0.508 e. The van der Waals surface area contributed by atoms with Crippen molar-refractivity contribution in [1.29, 1.82) is 0 Å². The predicted octanol–water partition coefficient (Wildman–Crippen LogP) is 4.80. The smallest absolute Gasteiger partial charge is 0.163 e. The second-order valence-electron chi connectivity index (χ2n) is 5.52. The molecule has 3 aromatic rings. The molecule has 114 valence electrons. The molecule has 3 aromatic carbocycles. The summed E-state index contributed by atoms with van der Waals surface area (Å²) in [6.07, 6.45) is 0.325. The Hall–Kier alpha value is -2.87. The average Bonchev–Trinajstić information content (AvgIpc) is 2.62. The first-order chi connectivity index (χ1) is 11.3. The van der Waals surface area contributed by atoms with Gasteiger partial charge in [-0.1, -0.05) is 78.9 Å². The fourth-order valence-corrected chi connectivity index (χ4v) is 2.80. The summed E-state index contributed by atoms with van der Waals surface area (Å²) in [5, 5.41) is 10.2. The van der Waals surface area contributed by atoms with Gasteiger partial charge < -0.3 is 5.11 Å². The summed E-state index contributed by atoms with van der Waals surface area (Å²) in [5.41, 5.74) is 2.50. The van der Waals surface area contributed by atoms with Crippen LogP contribution in [0.25, 0.3) is 0 Å². The number of rotatable bonds is 5. The van der Waals surface area contributed by atoms with Gasteiger partial charge >= 0.3 is 0 Å². The summed E-state index contributed by atoms with van der Waals surface area (Å²) in [4.78, 5) is 12.6. The molecule has 2 nitrogen and oxygen atoms in total. The van der Waals surface area contributed by atoms with Crippen molar-refractivity contribution >= 4 is 5.78 Å². The number of ketones is 1. The minimum absolute atomic E-state index is 0.0720. The van der Waals surface area contributed by atoms with Crippen LogP contribution in [0.3, 0.4) is 0 Å². The summed E-state index contributed by atoms with van der Waals surface area (Å²) in [7, 11) is 0. The quantitative estimate of drug-likeness (QED) is 0.688. The molecule has 2 heteroatoms. The van der Waals surface area contributed by atoms with Crippen molar-refractivity contribution in [3.8, 4) is 5.75 Å². The third-order valence-electron chi connectivity index (χ3n) is 4.00. The van der Waals surface area contributed by atoms with Crippen molar-refractivity contribution in [3.63, 3.8) is 0 Å². The van der Waals surface area contributed by atoms with Crippen molar-refractivity contribution in [2.24, 2.45) is 0 Å². The number of phenolic OH excluding ortho intramolecular Hbond substituents is 1. The first kappa shape index (κ1) is 15.0. The lowest BCUT2D eigenvalue weighted by Crippen LogP contribution is -2.09. The maximum Gasteiger partial charge on any atom is 0.163 e. The van der Waals surface area contributed by atoms with E-state index in [1.807, 2.05) is 72.8 Å². The van der Waals surface area contributed by atoms with Gasteiger partial charge in [0.25, 0.3) is 0 Å². The van der Waals surface area contributed by atoms with Crippen molar-refractivity contribution in [2.45, 2.75) is 12.3 Å². The highest BCUT2D eigenvalue weighted by Crippen LogP contribution is 2.34. The number of carbonyl (C=O) groups excluding carboxylic acids is 1. The molecule has 23 heavy (non-hydrogen) atoms. The highest BCUT2D eigenvalue weighted by molar-refractivity contribution is 5.96. The molecule has 3 rings (SSSR count). The summed E-state index contributed by atoms with van der Waals surface area (Å²) < 4.78 is 0. The fraction of sp³-hybridized carbons (Fsp3) is 0.0952. The van der Waals surface area contributed by atoms with E-state index in [-0.39, 0.29) is 17.5 Å². The molecular weight excluding hydrogens is 284 g/mol. The van der Waals surface area contributed by atoms with E-state index in [2.05, 4.69) is 0 Å². The van der Waals surface area contributed by atoms with Gasteiger partial charge in [0.15, 0.2) is 5.78 Å². The van der Waals surface area contributed by atoms with Crippen molar-refractivity contribution in [1.82, 2.24) is 0 Å². The summed E-state index contributed by atoms with van der Waals surface area (Å²) in [6.45, 7) is 0. The van der Waals surface area contributed by atoms with E-state index in [9.17, 15) is 9.90 Å². The molecule has 0 spiro atoms. The Morgan fingerprint density at radius 2 is 1.35 bits per heavy atom. The maximum atomic E-state index is 12.6. The molecule has 1 atom stereocenters. The second-order valence-corrected chi connectivity index (χ2v) is 5.52. The Labute approximate surface area is 136 Å². The standard InChI is InChI=1S/C21H18O2/c22-20-14-8-7-13-18(20)19(16-9-3-1-4-10-16)15-21(23)17-11-5-2-6-12-17/h1-14,19,22H,15H2/t19-/m1/s1. The number of hydrogen-bond donors (Lipinski definition) is 1. The summed E-state index contributed by atoms with van der Waals surface area (Å²) in [5.74, 6) is 0.134. The highest BCUT2D eigenvalue weighted by atomic mass is 16.3. The van der Waals surface area contributed by atoms with Gasteiger partial charge in [0, 0.05) is 23.5 Å². The van der Waals surface area contributed by atoms with Gasteiger partial charge in [0.05, 0.1) is 0 Å². The van der Waals surface area contributed by atoms with Crippen LogP contribution in [0.1, 0.15) is 33.8 Å². The highest BCUT2D eigenvalue weighted by Gasteiger charge is 2.21. The van der Waals surface area contributed by atoms with E-state index >= 15 is 0 Å². The largest absolute Gasteiger partial charge is 0.508 e. The lowest BCUT2D eigenvalue weighted by Gasteiger charge is -2.18. The van der Waals surface area contributed by atoms with Crippen LogP contribution >= 0.6 is 0 Å². The third-order valence-corrected chi connectivity index (χ3v) is 4.00. The number of benzene rings is 3. The summed E-state index contributed by atoms with van der Waals surface area (Å²) in [6, 6.07) is 26.4. The zero-order chi connectivity index (χ0) is 16.1. The van der Waals surface area contributed by atoms with Crippen LogP contribution in [0, 0.1) is 0 Å². The molecule has 0 aromatic heterocycles. The summed E-state index contributed by atoms with van der Waals surface area (Å²) >= 11 is 0. The van der Waals surface area contributed by atoms with Crippen LogP contribution in [-0.2, 0) is 0 Å². The average molecular weight is 302 g/mol. The zero-order valence-corrected chi connectivity index (χ0v) is 12.7. The van der Waals surface area contributed by atoms with Crippen molar-refractivity contribution < 1.29 is 9.90 Å².